The molecule has 1 N–H and O–H groups in total. The monoisotopic (exact) mass is 255 g/mol. The van der Waals surface area contributed by atoms with Gasteiger partial charge in [-0.25, -0.2) is 4.79 Å². The van der Waals surface area contributed by atoms with Crippen molar-refractivity contribution in [3.05, 3.63) is 0 Å². The van der Waals surface area contributed by atoms with Gasteiger partial charge < -0.3 is 4.84 Å². The molecule has 0 radical (unpaired) electrons. The lowest BCUT2D eigenvalue weighted by Crippen LogP contribution is -2.79. The van der Waals surface area contributed by atoms with E-state index in [2.05, 4.69) is 19.3 Å². The van der Waals surface area contributed by atoms with Crippen LogP contribution in [0.25, 0.3) is 0 Å². The second-order valence-corrected chi connectivity index (χ2v) is 6.92. The molecule has 3 aliphatic rings. The van der Waals surface area contributed by atoms with Gasteiger partial charge in [0.15, 0.2) is 0 Å². The van der Waals surface area contributed by atoms with Gasteiger partial charge in [-0.15, -0.1) is 5.48 Å². The normalized spacial score (nSPS) is 46.1. The van der Waals surface area contributed by atoms with E-state index < -0.39 is 0 Å². The van der Waals surface area contributed by atoms with Gasteiger partial charge in [-0.1, -0.05) is 13.8 Å². The minimum absolute atomic E-state index is 0.221. The van der Waals surface area contributed by atoms with Crippen LogP contribution in [0.5, 0.6) is 0 Å². The third-order valence-electron chi connectivity index (χ3n) is 5.54. The number of hydrogen-bond acceptors (Lipinski definition) is 4. The maximum atomic E-state index is 11.2. The molecular formula is C13H21NO2S. The number of thioether (sulfide) groups is 1. The summed E-state index contributed by atoms with van der Waals surface area (Å²) in [5.74, 6) is 3.40. The second kappa shape index (κ2) is 3.89. The van der Waals surface area contributed by atoms with Gasteiger partial charge in [-0.2, -0.15) is 0 Å². The Morgan fingerprint density at radius 3 is 2.59 bits per heavy atom. The molecule has 17 heavy (non-hydrogen) atoms. The first kappa shape index (κ1) is 11.8. The van der Waals surface area contributed by atoms with E-state index in [0.29, 0.717) is 11.5 Å². The molecule has 0 bridgehead atoms. The summed E-state index contributed by atoms with van der Waals surface area (Å²) in [4.78, 5) is 16.3. The molecule has 5 unspecified atom stereocenters. The van der Waals surface area contributed by atoms with Gasteiger partial charge in [0.2, 0.25) is 0 Å². The molecule has 0 aromatic carbocycles. The minimum atomic E-state index is -0.221. The highest BCUT2D eigenvalue weighted by atomic mass is 32.2. The van der Waals surface area contributed by atoms with Crippen LogP contribution in [0.4, 0.5) is 4.79 Å². The van der Waals surface area contributed by atoms with Crippen LogP contribution in [0.2, 0.25) is 0 Å². The van der Waals surface area contributed by atoms with Crippen molar-refractivity contribution in [3.8, 4) is 0 Å². The van der Waals surface area contributed by atoms with Crippen molar-refractivity contribution in [2.45, 2.75) is 39.2 Å². The highest BCUT2D eigenvalue weighted by Gasteiger charge is 2.75. The predicted octanol–water partition coefficient (Wildman–Crippen LogP) is 3.06. The quantitative estimate of drug-likeness (QED) is 0.787. The Morgan fingerprint density at radius 2 is 2.06 bits per heavy atom. The molecule has 0 saturated heterocycles. The Balaban J connectivity index is 1.63. The zero-order valence-electron chi connectivity index (χ0n) is 10.7. The largest absolute Gasteiger partial charge is 0.385 e. The van der Waals surface area contributed by atoms with E-state index in [1.807, 2.05) is 0 Å². The molecule has 3 saturated carbocycles. The third-order valence-corrected chi connectivity index (χ3v) is 5.96. The Kier molecular flexibility index (Phi) is 2.71. The van der Waals surface area contributed by atoms with Crippen LogP contribution in [0, 0.1) is 29.1 Å². The summed E-state index contributed by atoms with van der Waals surface area (Å²) in [5.41, 5.74) is 3.53. The van der Waals surface area contributed by atoms with Crippen LogP contribution in [0.15, 0.2) is 0 Å². The van der Waals surface area contributed by atoms with Crippen molar-refractivity contribution in [2.24, 2.45) is 29.1 Å². The molecule has 5 atom stereocenters. The van der Waals surface area contributed by atoms with Crippen molar-refractivity contribution in [3.63, 3.8) is 0 Å². The van der Waals surface area contributed by atoms with Gasteiger partial charge in [0.05, 0.1) is 0 Å². The molecule has 3 nitrogen and oxygen atoms in total. The first-order valence-electron chi connectivity index (χ1n) is 6.61. The number of carbonyl (C=O) groups excluding carboxylic acids is 1. The van der Waals surface area contributed by atoms with E-state index >= 15 is 0 Å². The zero-order chi connectivity index (χ0) is 12.2. The summed E-state index contributed by atoms with van der Waals surface area (Å²) in [5, 5.41) is -0.221. The minimum Gasteiger partial charge on any atom is -0.362 e. The molecule has 0 aliphatic heterocycles. The van der Waals surface area contributed by atoms with E-state index in [0.717, 1.165) is 35.4 Å². The van der Waals surface area contributed by atoms with Crippen LogP contribution in [0.1, 0.15) is 33.1 Å². The molecule has 3 aliphatic carbocycles. The number of rotatable bonds is 3. The average molecular weight is 255 g/mol. The highest BCUT2D eigenvalue weighted by Crippen LogP contribution is 2.78. The summed E-state index contributed by atoms with van der Waals surface area (Å²) in [7, 11) is 0. The van der Waals surface area contributed by atoms with Crippen LogP contribution in [-0.4, -0.2) is 17.6 Å². The van der Waals surface area contributed by atoms with E-state index in [1.54, 1.807) is 6.26 Å². The van der Waals surface area contributed by atoms with Gasteiger partial charge in [-0.05, 0) is 66.4 Å². The lowest BCUT2D eigenvalue weighted by Gasteiger charge is -2.79. The van der Waals surface area contributed by atoms with E-state index in [1.165, 1.54) is 19.3 Å². The van der Waals surface area contributed by atoms with E-state index in [-0.39, 0.29) is 5.30 Å². The Morgan fingerprint density at radius 1 is 1.35 bits per heavy atom. The summed E-state index contributed by atoms with van der Waals surface area (Å²) in [6.07, 6.45) is 5.75. The van der Waals surface area contributed by atoms with Crippen molar-refractivity contribution >= 4 is 17.1 Å². The van der Waals surface area contributed by atoms with Gasteiger partial charge in [0.25, 0.3) is 0 Å². The molecule has 4 heteroatoms. The molecule has 1 spiro atoms. The Bertz CT molecular complexity index is 340. The second-order valence-electron chi connectivity index (χ2n) is 6.18. The Labute approximate surface area is 107 Å². The fraction of sp³-hybridized carbons (Fsp3) is 0.923. The summed E-state index contributed by atoms with van der Waals surface area (Å²) < 4.78 is 0. The molecule has 0 amide bonds. The fourth-order valence-electron chi connectivity index (χ4n) is 4.80. The van der Waals surface area contributed by atoms with Crippen molar-refractivity contribution < 1.29 is 9.63 Å². The number of hydrogen-bond donors (Lipinski definition) is 1. The van der Waals surface area contributed by atoms with Crippen LogP contribution < -0.4 is 5.48 Å². The fourth-order valence-corrected chi connectivity index (χ4v) is 4.93. The molecule has 3 rings (SSSR count). The number of nitrogens with one attached hydrogen (secondary N) is 1. The third kappa shape index (κ3) is 1.37. The summed E-state index contributed by atoms with van der Waals surface area (Å²) in [6, 6.07) is 0.420. The van der Waals surface area contributed by atoms with Crippen molar-refractivity contribution in [1.82, 2.24) is 5.48 Å². The lowest BCUT2D eigenvalue weighted by molar-refractivity contribution is -0.307. The summed E-state index contributed by atoms with van der Waals surface area (Å²) >= 11 is 1.12. The first-order chi connectivity index (χ1) is 8.10. The maximum absolute atomic E-state index is 11.2. The van der Waals surface area contributed by atoms with Gasteiger partial charge >= 0.3 is 5.30 Å². The topological polar surface area (TPSA) is 38.3 Å². The number of hydroxylamine groups is 1. The summed E-state index contributed by atoms with van der Waals surface area (Å²) in [6.45, 7) is 4.66. The van der Waals surface area contributed by atoms with Crippen molar-refractivity contribution in [1.29, 1.82) is 0 Å². The zero-order valence-corrected chi connectivity index (χ0v) is 11.5. The SMILES string of the molecule is CSC(=O)ONC1CC2CC3CC(C(C)C)C231. The molecule has 3 fully saturated rings. The van der Waals surface area contributed by atoms with Crippen molar-refractivity contribution in [2.75, 3.05) is 6.26 Å². The van der Waals surface area contributed by atoms with Crippen LogP contribution in [0.3, 0.4) is 0 Å². The van der Waals surface area contributed by atoms with Crippen LogP contribution >= 0.6 is 11.8 Å². The van der Waals surface area contributed by atoms with E-state index in [9.17, 15) is 4.79 Å². The predicted molar refractivity (Wildman–Crippen MR) is 68.5 cm³/mol. The van der Waals surface area contributed by atoms with Gasteiger partial charge in [-0.3, -0.25) is 0 Å². The van der Waals surface area contributed by atoms with Crippen LogP contribution in [-0.2, 0) is 4.84 Å². The first-order valence-corrected chi connectivity index (χ1v) is 7.83. The average Bonchev–Trinajstić information content (AvgIpc) is 2.24. The van der Waals surface area contributed by atoms with Gasteiger partial charge in [0.1, 0.15) is 0 Å². The molecular weight excluding hydrogens is 234 g/mol. The lowest BCUT2D eigenvalue weighted by atomic mass is 9.27. The molecule has 0 aromatic heterocycles. The molecule has 0 heterocycles. The highest BCUT2D eigenvalue weighted by molar-refractivity contribution is 8.12. The smallest absolute Gasteiger partial charge is 0.362 e. The standard InChI is InChI=1S/C13H21NO2S/c1-7(2)10-5-8-4-9-6-11(13(8,9)10)14-16-12(15)17-3/h7-11,14H,4-6H2,1-3H3. The molecule has 0 aromatic rings. The van der Waals surface area contributed by atoms with E-state index in [4.69, 9.17) is 4.84 Å². The Hall–Kier alpha value is -0.220. The maximum Gasteiger partial charge on any atom is 0.385 e. The van der Waals surface area contributed by atoms with Gasteiger partial charge in [0, 0.05) is 6.04 Å². The molecule has 96 valence electrons. The number of carbonyl (C=O) groups is 1.